The van der Waals surface area contributed by atoms with E-state index in [4.69, 9.17) is 4.74 Å². The third-order valence-corrected chi connectivity index (χ3v) is 6.45. The number of amides is 1. The zero-order chi connectivity index (χ0) is 23.8. The van der Waals surface area contributed by atoms with Gasteiger partial charge in [0.1, 0.15) is 18.1 Å². The van der Waals surface area contributed by atoms with Gasteiger partial charge in [-0.2, -0.15) is 0 Å². The van der Waals surface area contributed by atoms with Crippen LogP contribution in [0.2, 0.25) is 0 Å². The zero-order valence-electron chi connectivity index (χ0n) is 19.1. The summed E-state index contributed by atoms with van der Waals surface area (Å²) in [7, 11) is 1.95. The summed E-state index contributed by atoms with van der Waals surface area (Å²) in [6, 6.07) is 15.8. The molecule has 0 spiro atoms. The maximum atomic E-state index is 13.3. The van der Waals surface area contributed by atoms with Crippen molar-refractivity contribution in [2.75, 3.05) is 25.1 Å². The van der Waals surface area contributed by atoms with Crippen LogP contribution in [0.25, 0.3) is 5.76 Å². The van der Waals surface area contributed by atoms with E-state index < -0.39 is 17.7 Å². The lowest BCUT2D eigenvalue weighted by molar-refractivity contribution is -0.140. The molecule has 0 saturated carbocycles. The van der Waals surface area contributed by atoms with Gasteiger partial charge >= 0.3 is 0 Å². The van der Waals surface area contributed by atoms with Crippen molar-refractivity contribution in [2.45, 2.75) is 19.5 Å². The summed E-state index contributed by atoms with van der Waals surface area (Å²) in [6.45, 7) is 3.47. The maximum absolute atomic E-state index is 13.3. The second-order valence-electron chi connectivity index (χ2n) is 8.59. The number of carbonyl (C=O) groups excluding carboxylic acids is 2. The van der Waals surface area contributed by atoms with Crippen molar-refractivity contribution < 1.29 is 19.4 Å². The number of fused-ring (bicyclic) bond motifs is 1. The van der Waals surface area contributed by atoms with Crippen LogP contribution < -0.4 is 9.64 Å². The number of pyridine rings is 1. The third-order valence-electron chi connectivity index (χ3n) is 6.45. The molecular weight excluding hydrogens is 430 g/mol. The van der Waals surface area contributed by atoms with Crippen molar-refractivity contribution in [3.8, 4) is 5.75 Å². The molecule has 3 heterocycles. The van der Waals surface area contributed by atoms with Crippen LogP contribution in [0.15, 0.2) is 72.6 Å². The Morgan fingerprint density at radius 2 is 1.88 bits per heavy atom. The summed E-state index contributed by atoms with van der Waals surface area (Å²) in [5.74, 6) is -0.795. The highest BCUT2D eigenvalue weighted by Gasteiger charge is 2.46. The van der Waals surface area contributed by atoms with Gasteiger partial charge < -0.3 is 19.6 Å². The van der Waals surface area contributed by atoms with Crippen LogP contribution in [0, 0.1) is 6.92 Å². The van der Waals surface area contributed by atoms with E-state index in [1.807, 2.05) is 55.3 Å². The lowest BCUT2D eigenvalue weighted by atomic mass is 9.92. The summed E-state index contributed by atoms with van der Waals surface area (Å²) < 4.78 is 5.71. The molecule has 172 valence electrons. The number of carbonyl (C=O) groups is 2. The number of benzene rings is 2. The summed E-state index contributed by atoms with van der Waals surface area (Å²) in [5, 5.41) is 11.4. The molecule has 1 atom stereocenters. The van der Waals surface area contributed by atoms with E-state index in [1.54, 1.807) is 30.6 Å². The lowest BCUT2D eigenvalue weighted by Crippen LogP contribution is -2.29. The van der Waals surface area contributed by atoms with Crippen LogP contribution in [0.5, 0.6) is 5.75 Å². The zero-order valence-corrected chi connectivity index (χ0v) is 19.1. The topological polar surface area (TPSA) is 83.0 Å². The standard InChI is InChI=1S/C27H25N3O4/c1-17-5-3-4-6-20(17)24-23(26(32)27(33)30(24)16-18-9-11-28-12-10-18)25(31)19-7-8-22-21(15-19)29(2)13-14-34-22/h3-12,15,24,31H,13-14,16H2,1-2H3/b25-23+. The Morgan fingerprint density at radius 3 is 2.65 bits per heavy atom. The predicted molar refractivity (Wildman–Crippen MR) is 128 cm³/mol. The first-order chi connectivity index (χ1) is 16.5. The number of nitrogens with zero attached hydrogens (tertiary/aromatic N) is 3. The molecule has 3 aromatic rings. The van der Waals surface area contributed by atoms with Crippen molar-refractivity contribution in [2.24, 2.45) is 0 Å². The second-order valence-corrected chi connectivity index (χ2v) is 8.59. The number of hydrogen-bond donors (Lipinski definition) is 1. The maximum Gasteiger partial charge on any atom is 0.295 e. The van der Waals surface area contributed by atoms with Crippen LogP contribution in [0.4, 0.5) is 5.69 Å². The van der Waals surface area contributed by atoms with Crippen molar-refractivity contribution in [3.63, 3.8) is 0 Å². The quantitative estimate of drug-likeness (QED) is 0.366. The summed E-state index contributed by atoms with van der Waals surface area (Å²) in [4.78, 5) is 34.1. The molecule has 1 fully saturated rings. The minimum absolute atomic E-state index is 0.0905. The van der Waals surface area contributed by atoms with Crippen LogP contribution >= 0.6 is 0 Å². The van der Waals surface area contributed by atoms with Crippen LogP contribution in [-0.4, -0.2) is 46.9 Å². The fraction of sp³-hybridized carbons (Fsp3) is 0.222. The molecule has 0 radical (unpaired) electrons. The van der Waals surface area contributed by atoms with Gasteiger partial charge in [-0.3, -0.25) is 14.6 Å². The number of ketones is 1. The van der Waals surface area contributed by atoms with E-state index in [0.717, 1.165) is 34.7 Å². The Labute approximate surface area is 197 Å². The third kappa shape index (κ3) is 3.69. The van der Waals surface area contributed by atoms with Crippen LogP contribution in [0.3, 0.4) is 0 Å². The molecule has 0 bridgehead atoms. The summed E-state index contributed by atoms with van der Waals surface area (Å²) in [6.07, 6.45) is 3.31. The fourth-order valence-electron chi connectivity index (χ4n) is 4.60. The van der Waals surface area contributed by atoms with Gasteiger partial charge in [0.25, 0.3) is 11.7 Å². The number of aliphatic hydroxyl groups is 1. The van der Waals surface area contributed by atoms with E-state index in [-0.39, 0.29) is 17.9 Å². The number of aliphatic hydroxyl groups excluding tert-OH is 1. The number of likely N-dealkylation sites (N-methyl/N-ethyl adjacent to an activating group) is 1. The van der Waals surface area contributed by atoms with Crippen molar-refractivity contribution in [1.82, 2.24) is 9.88 Å². The predicted octanol–water partition coefficient (Wildman–Crippen LogP) is 3.84. The van der Waals surface area contributed by atoms with E-state index >= 15 is 0 Å². The smallest absolute Gasteiger partial charge is 0.295 e. The van der Waals surface area contributed by atoms with Crippen LogP contribution in [-0.2, 0) is 16.1 Å². The molecule has 2 aliphatic heterocycles. The van der Waals surface area contributed by atoms with Gasteiger partial charge in [0.2, 0.25) is 0 Å². The molecule has 2 aromatic carbocycles. The second kappa shape index (κ2) is 8.67. The number of rotatable bonds is 4. The number of ether oxygens (including phenoxy) is 1. The molecule has 34 heavy (non-hydrogen) atoms. The van der Waals surface area contributed by atoms with Crippen molar-refractivity contribution in [3.05, 3.63) is 94.8 Å². The molecule has 1 N–H and O–H groups in total. The Kier molecular flexibility index (Phi) is 5.53. The number of hydrogen-bond acceptors (Lipinski definition) is 6. The summed E-state index contributed by atoms with van der Waals surface area (Å²) >= 11 is 0. The molecule has 7 heteroatoms. The van der Waals surface area contributed by atoms with Gasteiger partial charge in [0.05, 0.1) is 23.8 Å². The Balaban J connectivity index is 1.66. The molecule has 1 unspecified atom stereocenters. The lowest BCUT2D eigenvalue weighted by Gasteiger charge is -2.28. The first kappa shape index (κ1) is 21.7. The SMILES string of the molecule is Cc1ccccc1C1/C(=C(\O)c2ccc3c(c2)N(C)CCO3)C(=O)C(=O)N1Cc1ccncc1. The molecule has 1 amide bonds. The molecule has 0 aliphatic carbocycles. The fourth-order valence-corrected chi connectivity index (χ4v) is 4.60. The Hall–Kier alpha value is -4.13. The molecule has 5 rings (SSSR count). The number of aromatic nitrogens is 1. The van der Waals surface area contributed by atoms with E-state index in [1.165, 1.54) is 4.90 Å². The number of Topliss-reactive ketones (excluding diaryl/α,β-unsaturated/α-hetero) is 1. The van der Waals surface area contributed by atoms with Gasteiger partial charge in [0, 0.05) is 31.5 Å². The Morgan fingerprint density at radius 1 is 1.12 bits per heavy atom. The minimum Gasteiger partial charge on any atom is -0.507 e. The molecule has 1 aromatic heterocycles. The average molecular weight is 456 g/mol. The van der Waals surface area contributed by atoms with E-state index in [9.17, 15) is 14.7 Å². The highest BCUT2D eigenvalue weighted by atomic mass is 16.5. The normalized spacial score (nSPS) is 19.2. The summed E-state index contributed by atoms with van der Waals surface area (Å²) in [5.41, 5.74) is 3.97. The molecule has 7 nitrogen and oxygen atoms in total. The first-order valence-corrected chi connectivity index (χ1v) is 11.2. The van der Waals surface area contributed by atoms with E-state index in [0.29, 0.717) is 12.2 Å². The van der Waals surface area contributed by atoms with Crippen molar-refractivity contribution >= 4 is 23.1 Å². The Bertz CT molecular complexity index is 1300. The minimum atomic E-state index is -0.709. The van der Waals surface area contributed by atoms with Gasteiger partial charge in [-0.25, -0.2) is 0 Å². The average Bonchev–Trinajstić information content (AvgIpc) is 3.09. The molecule has 1 saturated heterocycles. The van der Waals surface area contributed by atoms with Gasteiger partial charge in [0.15, 0.2) is 0 Å². The highest BCUT2D eigenvalue weighted by molar-refractivity contribution is 6.46. The van der Waals surface area contributed by atoms with Crippen LogP contribution in [0.1, 0.15) is 28.3 Å². The first-order valence-electron chi connectivity index (χ1n) is 11.2. The van der Waals surface area contributed by atoms with E-state index in [2.05, 4.69) is 4.98 Å². The van der Waals surface area contributed by atoms with Gasteiger partial charge in [-0.1, -0.05) is 24.3 Å². The van der Waals surface area contributed by atoms with Gasteiger partial charge in [-0.15, -0.1) is 0 Å². The number of aryl methyl sites for hydroxylation is 1. The van der Waals surface area contributed by atoms with Crippen molar-refractivity contribution in [1.29, 1.82) is 0 Å². The number of anilines is 1. The monoisotopic (exact) mass is 455 g/mol. The number of likely N-dealkylation sites (tertiary alicyclic amines) is 1. The largest absolute Gasteiger partial charge is 0.507 e. The molecule has 2 aliphatic rings. The molecular formula is C27H25N3O4. The highest BCUT2D eigenvalue weighted by Crippen LogP contribution is 2.42. The van der Waals surface area contributed by atoms with Gasteiger partial charge in [-0.05, 0) is 53.9 Å².